The maximum Gasteiger partial charge on any atom is 0.325 e. The molecule has 1 saturated carbocycles. The topological polar surface area (TPSA) is 66.4 Å². The molecule has 100 valence electrons. The van der Waals surface area contributed by atoms with Crippen molar-refractivity contribution in [2.24, 2.45) is 11.8 Å². The van der Waals surface area contributed by atoms with Crippen molar-refractivity contribution in [1.82, 2.24) is 5.32 Å². The van der Waals surface area contributed by atoms with E-state index < -0.39 is 12.0 Å². The van der Waals surface area contributed by atoms with E-state index in [-0.39, 0.29) is 11.8 Å². The standard InChI is InChI=1S/C15H17NO3/c1-8(15(18)19)16-14(17)13-11-7-6-9-4-2-3-5-10(9)12(11)13/h2-5,8,11-13H,6-7H2,1H3,(H,16,17)(H,18,19). The largest absolute Gasteiger partial charge is 0.480 e. The fraction of sp³-hybridized carbons (Fsp3) is 0.467. The van der Waals surface area contributed by atoms with Crippen LogP contribution in [-0.4, -0.2) is 23.0 Å². The molecule has 19 heavy (non-hydrogen) atoms. The molecule has 1 fully saturated rings. The summed E-state index contributed by atoms with van der Waals surface area (Å²) in [6.45, 7) is 1.50. The van der Waals surface area contributed by atoms with Crippen molar-refractivity contribution in [3.63, 3.8) is 0 Å². The first-order valence-corrected chi connectivity index (χ1v) is 6.70. The maximum atomic E-state index is 12.1. The zero-order chi connectivity index (χ0) is 13.6. The molecule has 3 rings (SSSR count). The number of hydrogen-bond acceptors (Lipinski definition) is 2. The SMILES string of the molecule is CC(NC(=O)C1C2CCc3ccccc3C21)C(=O)O. The van der Waals surface area contributed by atoms with E-state index in [2.05, 4.69) is 17.4 Å². The van der Waals surface area contributed by atoms with E-state index >= 15 is 0 Å². The minimum absolute atomic E-state index is 0.0366. The average molecular weight is 259 g/mol. The number of aryl methyl sites for hydroxylation is 1. The van der Waals surface area contributed by atoms with E-state index in [1.54, 1.807) is 0 Å². The highest BCUT2D eigenvalue weighted by Crippen LogP contribution is 2.59. The molecule has 2 N–H and O–H groups in total. The number of carbonyl (C=O) groups is 2. The smallest absolute Gasteiger partial charge is 0.325 e. The summed E-state index contributed by atoms with van der Waals surface area (Å²) in [5.74, 6) is -0.439. The quantitative estimate of drug-likeness (QED) is 0.865. The van der Waals surface area contributed by atoms with Crippen molar-refractivity contribution in [3.05, 3.63) is 35.4 Å². The summed E-state index contributed by atoms with van der Waals surface area (Å²) in [5.41, 5.74) is 2.62. The lowest BCUT2D eigenvalue weighted by atomic mass is 9.92. The van der Waals surface area contributed by atoms with Crippen molar-refractivity contribution in [2.45, 2.75) is 31.7 Å². The third-order valence-corrected chi connectivity index (χ3v) is 4.36. The number of nitrogens with one attached hydrogen (secondary N) is 1. The van der Waals surface area contributed by atoms with Crippen LogP contribution in [0.1, 0.15) is 30.4 Å². The fourth-order valence-corrected chi connectivity index (χ4v) is 3.30. The molecule has 0 heterocycles. The summed E-state index contributed by atoms with van der Waals surface area (Å²) < 4.78 is 0. The third kappa shape index (κ3) is 2.01. The van der Waals surface area contributed by atoms with Gasteiger partial charge >= 0.3 is 5.97 Å². The summed E-state index contributed by atoms with van der Waals surface area (Å²) in [4.78, 5) is 22.9. The van der Waals surface area contributed by atoms with Gasteiger partial charge in [-0.1, -0.05) is 24.3 Å². The number of amides is 1. The molecule has 4 heteroatoms. The molecule has 0 spiro atoms. The van der Waals surface area contributed by atoms with Gasteiger partial charge in [0.1, 0.15) is 6.04 Å². The Kier molecular flexibility index (Phi) is 2.81. The summed E-state index contributed by atoms with van der Waals surface area (Å²) >= 11 is 0. The Labute approximate surface area is 111 Å². The van der Waals surface area contributed by atoms with Gasteiger partial charge in [0, 0.05) is 5.92 Å². The molecule has 0 aromatic heterocycles. The van der Waals surface area contributed by atoms with Gasteiger partial charge in [-0.05, 0) is 42.7 Å². The summed E-state index contributed by atoms with van der Waals surface area (Å²) in [7, 11) is 0. The lowest BCUT2D eigenvalue weighted by molar-refractivity contribution is -0.141. The molecule has 0 bridgehead atoms. The van der Waals surface area contributed by atoms with Crippen LogP contribution in [0.4, 0.5) is 0 Å². The fourth-order valence-electron chi connectivity index (χ4n) is 3.30. The van der Waals surface area contributed by atoms with Crippen molar-refractivity contribution >= 4 is 11.9 Å². The van der Waals surface area contributed by atoms with E-state index in [1.807, 2.05) is 12.1 Å². The van der Waals surface area contributed by atoms with Crippen LogP contribution < -0.4 is 5.32 Å². The van der Waals surface area contributed by atoms with Gasteiger partial charge in [0.25, 0.3) is 0 Å². The Morgan fingerprint density at radius 3 is 2.84 bits per heavy atom. The van der Waals surface area contributed by atoms with Gasteiger partial charge in [0.15, 0.2) is 0 Å². The second kappa shape index (κ2) is 4.37. The highest BCUT2D eigenvalue weighted by molar-refractivity contribution is 5.88. The van der Waals surface area contributed by atoms with Crippen LogP contribution in [0.5, 0.6) is 0 Å². The van der Waals surface area contributed by atoms with Gasteiger partial charge < -0.3 is 10.4 Å². The van der Waals surface area contributed by atoms with Crippen molar-refractivity contribution in [3.8, 4) is 0 Å². The lowest BCUT2D eigenvalue weighted by Gasteiger charge is -2.13. The number of aliphatic carboxylic acids is 1. The number of carboxylic acid groups (broad SMARTS) is 1. The lowest BCUT2D eigenvalue weighted by Crippen LogP contribution is -2.39. The monoisotopic (exact) mass is 259 g/mol. The number of carbonyl (C=O) groups excluding carboxylic acids is 1. The minimum atomic E-state index is -0.989. The molecule has 1 amide bonds. The molecule has 0 saturated heterocycles. The third-order valence-electron chi connectivity index (χ3n) is 4.36. The zero-order valence-corrected chi connectivity index (χ0v) is 10.8. The average Bonchev–Trinajstić information content (AvgIpc) is 3.13. The molecule has 1 aromatic carbocycles. The van der Waals surface area contributed by atoms with Crippen molar-refractivity contribution in [1.29, 1.82) is 0 Å². The van der Waals surface area contributed by atoms with Crippen molar-refractivity contribution in [2.75, 3.05) is 0 Å². The molecule has 4 unspecified atom stereocenters. The Morgan fingerprint density at radius 2 is 2.11 bits per heavy atom. The molecule has 1 aromatic rings. The first-order valence-electron chi connectivity index (χ1n) is 6.70. The molecule has 4 nitrogen and oxygen atoms in total. The predicted octanol–water partition coefficient (Wildman–Crippen LogP) is 1.55. The molecular weight excluding hydrogens is 242 g/mol. The summed E-state index contributed by atoms with van der Waals surface area (Å²) in [6, 6.07) is 7.45. The Morgan fingerprint density at radius 1 is 1.37 bits per heavy atom. The molecule has 0 aliphatic heterocycles. The molecule has 4 atom stereocenters. The van der Waals surface area contributed by atoms with E-state index in [9.17, 15) is 9.59 Å². The molecule has 2 aliphatic rings. The Bertz CT molecular complexity index is 540. The van der Waals surface area contributed by atoms with E-state index in [4.69, 9.17) is 5.11 Å². The van der Waals surface area contributed by atoms with Crippen LogP contribution in [-0.2, 0) is 16.0 Å². The van der Waals surface area contributed by atoms with Crippen LogP contribution in [0.15, 0.2) is 24.3 Å². The van der Waals surface area contributed by atoms with Gasteiger partial charge in [-0.2, -0.15) is 0 Å². The van der Waals surface area contributed by atoms with Gasteiger partial charge in [-0.3, -0.25) is 9.59 Å². The van der Waals surface area contributed by atoms with Crippen LogP contribution in [0, 0.1) is 11.8 Å². The Balaban J connectivity index is 1.74. The number of carboxylic acids is 1. The summed E-state index contributed by atoms with van der Waals surface area (Å²) in [6.07, 6.45) is 2.05. The minimum Gasteiger partial charge on any atom is -0.480 e. The van der Waals surface area contributed by atoms with E-state index in [0.717, 1.165) is 12.8 Å². The van der Waals surface area contributed by atoms with E-state index in [0.29, 0.717) is 11.8 Å². The van der Waals surface area contributed by atoms with Crippen LogP contribution in [0.2, 0.25) is 0 Å². The van der Waals surface area contributed by atoms with Gasteiger partial charge in [0.2, 0.25) is 5.91 Å². The number of rotatable bonds is 3. The highest BCUT2D eigenvalue weighted by atomic mass is 16.4. The van der Waals surface area contributed by atoms with Gasteiger partial charge in [0.05, 0.1) is 0 Å². The predicted molar refractivity (Wildman–Crippen MR) is 69.7 cm³/mol. The Hall–Kier alpha value is -1.84. The number of hydrogen-bond donors (Lipinski definition) is 2. The second-order valence-electron chi connectivity index (χ2n) is 5.52. The van der Waals surface area contributed by atoms with Crippen LogP contribution in [0.25, 0.3) is 0 Å². The van der Waals surface area contributed by atoms with E-state index in [1.165, 1.54) is 18.1 Å². The van der Waals surface area contributed by atoms with Crippen molar-refractivity contribution < 1.29 is 14.7 Å². The second-order valence-corrected chi connectivity index (χ2v) is 5.52. The first-order chi connectivity index (χ1) is 9.09. The van der Waals surface area contributed by atoms with Gasteiger partial charge in [-0.25, -0.2) is 0 Å². The summed E-state index contributed by atoms with van der Waals surface area (Å²) in [5, 5.41) is 11.4. The highest BCUT2D eigenvalue weighted by Gasteiger charge is 2.57. The van der Waals surface area contributed by atoms with Crippen LogP contribution in [0.3, 0.4) is 0 Å². The molecular formula is C15H17NO3. The molecule has 2 aliphatic carbocycles. The first kappa shape index (κ1) is 12.2. The number of benzene rings is 1. The molecule has 0 radical (unpaired) electrons. The number of fused-ring (bicyclic) bond motifs is 3. The van der Waals surface area contributed by atoms with Gasteiger partial charge in [-0.15, -0.1) is 0 Å². The maximum absolute atomic E-state index is 12.1. The zero-order valence-electron chi connectivity index (χ0n) is 10.8. The van der Waals surface area contributed by atoms with Crippen LogP contribution >= 0.6 is 0 Å². The normalized spacial score (nSPS) is 28.8.